The van der Waals surface area contributed by atoms with Crippen LogP contribution >= 0.6 is 0 Å². The maximum Gasteiger partial charge on any atom is 0.255 e. The summed E-state index contributed by atoms with van der Waals surface area (Å²) in [5.41, 5.74) is 2.56. The van der Waals surface area contributed by atoms with Crippen molar-refractivity contribution in [3.8, 4) is 5.75 Å². The van der Waals surface area contributed by atoms with Crippen LogP contribution in [0.5, 0.6) is 5.75 Å². The number of amides is 1. The van der Waals surface area contributed by atoms with E-state index in [1.165, 1.54) is 0 Å². The Morgan fingerprint density at radius 1 is 1.00 bits per heavy atom. The van der Waals surface area contributed by atoms with Crippen LogP contribution in [-0.4, -0.2) is 12.0 Å². The first-order valence-electron chi connectivity index (χ1n) is 7.95. The lowest BCUT2D eigenvalue weighted by Crippen LogP contribution is -2.18. The van der Waals surface area contributed by atoms with Gasteiger partial charge in [0.15, 0.2) is 0 Å². The fraction of sp³-hybridized carbons (Fsp3) is 0.350. The molecule has 3 heteroatoms. The Hall–Kier alpha value is -2.29. The fourth-order valence-corrected chi connectivity index (χ4v) is 2.40. The van der Waals surface area contributed by atoms with Gasteiger partial charge < -0.3 is 10.1 Å². The topological polar surface area (TPSA) is 38.3 Å². The fourth-order valence-electron chi connectivity index (χ4n) is 2.40. The number of nitrogens with one attached hydrogen (secondary N) is 1. The Labute approximate surface area is 138 Å². The van der Waals surface area contributed by atoms with E-state index in [2.05, 4.69) is 32.2 Å². The lowest BCUT2D eigenvalue weighted by atomic mass is 9.86. The molecule has 122 valence electrons. The highest BCUT2D eigenvalue weighted by Gasteiger charge is 2.18. The van der Waals surface area contributed by atoms with Crippen molar-refractivity contribution in [1.29, 1.82) is 0 Å². The van der Waals surface area contributed by atoms with Crippen LogP contribution in [-0.2, 0) is 5.41 Å². The largest absolute Gasteiger partial charge is 0.491 e. The zero-order chi connectivity index (χ0) is 17.0. The highest BCUT2D eigenvalue weighted by atomic mass is 16.5. The highest BCUT2D eigenvalue weighted by molar-refractivity contribution is 6.04. The van der Waals surface area contributed by atoms with Gasteiger partial charge in [-0.15, -0.1) is 0 Å². The molecule has 0 aliphatic carbocycles. The van der Waals surface area contributed by atoms with Gasteiger partial charge in [-0.1, -0.05) is 39.0 Å². The Kier molecular flexibility index (Phi) is 5.09. The lowest BCUT2D eigenvalue weighted by molar-refractivity contribution is 0.102. The van der Waals surface area contributed by atoms with E-state index in [1.54, 1.807) is 12.1 Å². The van der Waals surface area contributed by atoms with Gasteiger partial charge >= 0.3 is 0 Å². The van der Waals surface area contributed by atoms with Crippen molar-refractivity contribution >= 4 is 11.6 Å². The summed E-state index contributed by atoms with van der Waals surface area (Å²) in [6.45, 7) is 10.4. The first kappa shape index (κ1) is 17.1. The molecule has 0 heterocycles. The summed E-state index contributed by atoms with van der Waals surface area (Å²) in [5.74, 6) is 0.657. The van der Waals surface area contributed by atoms with Crippen molar-refractivity contribution in [2.24, 2.45) is 0 Å². The molecular weight excluding hydrogens is 286 g/mol. The maximum atomic E-state index is 12.5. The van der Waals surface area contributed by atoms with Crippen LogP contribution < -0.4 is 10.1 Å². The second kappa shape index (κ2) is 6.86. The molecule has 0 saturated heterocycles. The molecule has 2 rings (SSSR count). The average Bonchev–Trinajstić information content (AvgIpc) is 2.46. The Bertz CT molecular complexity index is 667. The van der Waals surface area contributed by atoms with Crippen molar-refractivity contribution in [1.82, 2.24) is 0 Å². The molecule has 0 bridgehead atoms. The molecule has 1 amide bonds. The third-order valence-corrected chi connectivity index (χ3v) is 3.47. The van der Waals surface area contributed by atoms with Gasteiger partial charge in [-0.2, -0.15) is 0 Å². The van der Waals surface area contributed by atoms with E-state index in [0.717, 1.165) is 17.0 Å². The van der Waals surface area contributed by atoms with Crippen LogP contribution in [0.2, 0.25) is 0 Å². The van der Waals surface area contributed by atoms with Gasteiger partial charge in [-0.05, 0) is 55.2 Å². The van der Waals surface area contributed by atoms with Gasteiger partial charge in [0.2, 0.25) is 0 Å². The monoisotopic (exact) mass is 311 g/mol. The number of rotatable bonds is 4. The van der Waals surface area contributed by atoms with Crippen LogP contribution in [0.25, 0.3) is 0 Å². The molecule has 0 saturated carbocycles. The summed E-state index contributed by atoms with van der Waals surface area (Å²) >= 11 is 0. The van der Waals surface area contributed by atoms with E-state index < -0.39 is 0 Å². The summed E-state index contributed by atoms with van der Waals surface area (Å²) in [4.78, 5) is 12.5. The molecule has 3 nitrogen and oxygen atoms in total. The van der Waals surface area contributed by atoms with Crippen molar-refractivity contribution in [2.45, 2.75) is 46.1 Å². The van der Waals surface area contributed by atoms with Crippen LogP contribution in [0.3, 0.4) is 0 Å². The predicted molar refractivity (Wildman–Crippen MR) is 95.3 cm³/mol. The molecule has 0 aliphatic rings. The van der Waals surface area contributed by atoms with Crippen LogP contribution in [0.4, 0.5) is 5.69 Å². The lowest BCUT2D eigenvalue weighted by Gasteiger charge is -2.23. The smallest absolute Gasteiger partial charge is 0.255 e. The third-order valence-electron chi connectivity index (χ3n) is 3.47. The molecule has 2 aromatic rings. The molecule has 0 aromatic heterocycles. The summed E-state index contributed by atoms with van der Waals surface area (Å²) in [7, 11) is 0. The molecule has 0 radical (unpaired) electrons. The summed E-state index contributed by atoms with van der Waals surface area (Å²) in [5, 5.41) is 3.01. The molecule has 0 atom stereocenters. The molecule has 23 heavy (non-hydrogen) atoms. The SMILES string of the molecule is CC(C)Oc1ccc(C(=O)Nc2ccccc2C(C)(C)C)cc1. The molecule has 0 fully saturated rings. The zero-order valence-electron chi connectivity index (χ0n) is 14.5. The summed E-state index contributed by atoms with van der Waals surface area (Å²) < 4.78 is 5.60. The van der Waals surface area contributed by atoms with Crippen LogP contribution in [0.1, 0.15) is 50.5 Å². The Morgan fingerprint density at radius 3 is 2.17 bits per heavy atom. The first-order chi connectivity index (χ1) is 10.8. The van der Waals surface area contributed by atoms with Gasteiger partial charge in [-0.25, -0.2) is 0 Å². The number of carbonyl (C=O) groups excluding carboxylic acids is 1. The van der Waals surface area contributed by atoms with E-state index >= 15 is 0 Å². The van der Waals surface area contributed by atoms with Crippen molar-refractivity contribution in [3.63, 3.8) is 0 Å². The number of carbonyl (C=O) groups is 1. The number of anilines is 1. The van der Waals surface area contributed by atoms with Gasteiger partial charge in [0, 0.05) is 11.3 Å². The van der Waals surface area contributed by atoms with E-state index in [9.17, 15) is 4.79 Å². The number of hydrogen-bond donors (Lipinski definition) is 1. The highest BCUT2D eigenvalue weighted by Crippen LogP contribution is 2.29. The van der Waals surface area contributed by atoms with Gasteiger partial charge in [0.25, 0.3) is 5.91 Å². The normalized spacial score (nSPS) is 11.4. The third kappa shape index (κ3) is 4.59. The summed E-state index contributed by atoms with van der Waals surface area (Å²) in [6, 6.07) is 15.1. The van der Waals surface area contributed by atoms with E-state index in [-0.39, 0.29) is 17.4 Å². The maximum absolute atomic E-state index is 12.5. The number of ether oxygens (including phenoxy) is 1. The molecule has 0 unspecified atom stereocenters. The molecule has 1 N–H and O–H groups in total. The van der Waals surface area contributed by atoms with E-state index in [4.69, 9.17) is 4.74 Å². The number of para-hydroxylation sites is 1. The van der Waals surface area contributed by atoms with Gasteiger partial charge in [0.1, 0.15) is 5.75 Å². The van der Waals surface area contributed by atoms with Crippen molar-refractivity contribution < 1.29 is 9.53 Å². The molecular formula is C20H25NO2. The van der Waals surface area contributed by atoms with E-state index in [0.29, 0.717) is 5.56 Å². The molecule has 2 aromatic carbocycles. The van der Waals surface area contributed by atoms with Crippen LogP contribution in [0.15, 0.2) is 48.5 Å². The Morgan fingerprint density at radius 2 is 1.61 bits per heavy atom. The minimum atomic E-state index is -0.113. The van der Waals surface area contributed by atoms with E-state index in [1.807, 2.05) is 44.2 Å². The average molecular weight is 311 g/mol. The molecule has 0 aliphatic heterocycles. The minimum Gasteiger partial charge on any atom is -0.491 e. The zero-order valence-corrected chi connectivity index (χ0v) is 14.5. The van der Waals surface area contributed by atoms with Crippen molar-refractivity contribution in [3.05, 3.63) is 59.7 Å². The van der Waals surface area contributed by atoms with Gasteiger partial charge in [0.05, 0.1) is 6.10 Å². The first-order valence-corrected chi connectivity index (χ1v) is 7.95. The van der Waals surface area contributed by atoms with Crippen molar-refractivity contribution in [2.75, 3.05) is 5.32 Å². The second-order valence-corrected chi connectivity index (χ2v) is 6.94. The minimum absolute atomic E-state index is 0.0289. The molecule has 0 spiro atoms. The van der Waals surface area contributed by atoms with Crippen LogP contribution in [0, 0.1) is 0 Å². The Balaban J connectivity index is 2.17. The quantitative estimate of drug-likeness (QED) is 0.860. The summed E-state index contributed by atoms with van der Waals surface area (Å²) in [6.07, 6.45) is 0.119. The van der Waals surface area contributed by atoms with Gasteiger partial charge in [-0.3, -0.25) is 4.79 Å². The number of hydrogen-bond acceptors (Lipinski definition) is 2. The standard InChI is InChI=1S/C20H25NO2/c1-14(2)23-16-12-10-15(11-13-16)19(22)21-18-9-7-6-8-17(18)20(3,4)5/h6-14H,1-5H3,(H,21,22). The number of benzene rings is 2. The second-order valence-electron chi connectivity index (χ2n) is 6.94. The predicted octanol–water partition coefficient (Wildman–Crippen LogP) is 5.02.